The maximum Gasteiger partial charge on any atom is 0.410 e. The first-order valence-electron chi connectivity index (χ1n) is 5.39. The van der Waals surface area contributed by atoms with E-state index in [1.54, 1.807) is 4.90 Å². The SMILES string of the molecule is CC(C)(C)OC(=O)N1C[C@H]2CC(=O)[C@H]1C2. The van der Waals surface area contributed by atoms with Gasteiger partial charge in [0.25, 0.3) is 0 Å². The van der Waals surface area contributed by atoms with E-state index in [4.69, 9.17) is 4.74 Å². The van der Waals surface area contributed by atoms with Crippen LogP contribution >= 0.6 is 0 Å². The van der Waals surface area contributed by atoms with Crippen LogP contribution in [0.4, 0.5) is 4.79 Å². The lowest BCUT2D eigenvalue weighted by Crippen LogP contribution is -2.45. The van der Waals surface area contributed by atoms with Crippen molar-refractivity contribution >= 4 is 11.9 Å². The van der Waals surface area contributed by atoms with Gasteiger partial charge in [-0.15, -0.1) is 0 Å². The van der Waals surface area contributed by atoms with Crippen molar-refractivity contribution in [3.63, 3.8) is 0 Å². The van der Waals surface area contributed by atoms with E-state index in [0.717, 1.165) is 6.42 Å². The molecule has 0 unspecified atom stereocenters. The van der Waals surface area contributed by atoms with E-state index in [1.165, 1.54) is 0 Å². The van der Waals surface area contributed by atoms with E-state index < -0.39 is 5.60 Å². The van der Waals surface area contributed by atoms with Gasteiger partial charge in [-0.05, 0) is 33.1 Å². The van der Waals surface area contributed by atoms with Gasteiger partial charge in [0.1, 0.15) is 5.60 Å². The Morgan fingerprint density at radius 2 is 2.13 bits per heavy atom. The highest BCUT2D eigenvalue weighted by molar-refractivity contribution is 5.91. The molecule has 0 spiro atoms. The first-order chi connectivity index (χ1) is 6.87. The zero-order valence-corrected chi connectivity index (χ0v) is 9.45. The molecule has 2 bridgehead atoms. The molecule has 0 aromatic carbocycles. The maximum absolute atomic E-state index is 11.7. The van der Waals surface area contributed by atoms with Crippen LogP contribution in [0.15, 0.2) is 0 Å². The molecule has 1 saturated carbocycles. The third-order valence-corrected chi connectivity index (χ3v) is 2.88. The summed E-state index contributed by atoms with van der Waals surface area (Å²) >= 11 is 0. The van der Waals surface area contributed by atoms with Crippen LogP contribution in [0.5, 0.6) is 0 Å². The largest absolute Gasteiger partial charge is 0.444 e. The third-order valence-electron chi connectivity index (χ3n) is 2.88. The second-order valence-corrected chi connectivity index (χ2v) is 5.42. The number of hydrogen-bond acceptors (Lipinski definition) is 3. The van der Waals surface area contributed by atoms with Gasteiger partial charge in [0.05, 0.1) is 6.04 Å². The van der Waals surface area contributed by atoms with Gasteiger partial charge in [0, 0.05) is 13.0 Å². The molecule has 1 amide bonds. The minimum atomic E-state index is -0.484. The van der Waals surface area contributed by atoms with Gasteiger partial charge in [-0.3, -0.25) is 9.69 Å². The van der Waals surface area contributed by atoms with Gasteiger partial charge < -0.3 is 4.74 Å². The number of piperidine rings is 1. The molecule has 1 heterocycles. The number of likely N-dealkylation sites (tertiary alicyclic amines) is 1. The lowest BCUT2D eigenvalue weighted by atomic mass is 10.1. The number of nitrogens with zero attached hydrogens (tertiary/aromatic N) is 1. The predicted molar refractivity (Wildman–Crippen MR) is 54.5 cm³/mol. The van der Waals surface area contributed by atoms with Crippen LogP contribution in [0, 0.1) is 5.92 Å². The maximum atomic E-state index is 11.7. The summed E-state index contributed by atoms with van der Waals surface area (Å²) in [6.07, 6.45) is 1.13. The van der Waals surface area contributed by atoms with Crippen LogP contribution in [0.2, 0.25) is 0 Å². The highest BCUT2D eigenvalue weighted by Gasteiger charge is 2.47. The van der Waals surface area contributed by atoms with Crippen molar-refractivity contribution in [2.24, 2.45) is 5.92 Å². The summed E-state index contributed by atoms with van der Waals surface area (Å²) in [6.45, 7) is 6.19. The van der Waals surface area contributed by atoms with Crippen molar-refractivity contribution in [3.05, 3.63) is 0 Å². The first kappa shape index (κ1) is 10.5. The van der Waals surface area contributed by atoms with E-state index in [1.807, 2.05) is 20.8 Å². The lowest BCUT2D eigenvalue weighted by molar-refractivity contribution is -0.123. The Bertz CT molecular complexity index is 305. The number of carbonyl (C=O) groups is 2. The molecule has 1 aliphatic carbocycles. The molecule has 2 fully saturated rings. The Labute approximate surface area is 89.6 Å². The molecule has 4 heteroatoms. The molecule has 2 aliphatic rings. The van der Waals surface area contributed by atoms with Crippen molar-refractivity contribution in [1.29, 1.82) is 0 Å². The standard InChI is InChI=1S/C11H17NO3/c1-11(2,3)15-10(14)12-6-7-4-8(12)9(13)5-7/h7-8H,4-6H2,1-3H3/t7-,8-/m1/s1. The summed E-state index contributed by atoms with van der Waals surface area (Å²) in [4.78, 5) is 24.8. The second kappa shape index (κ2) is 3.22. The van der Waals surface area contributed by atoms with Crippen molar-refractivity contribution in [2.45, 2.75) is 45.3 Å². The first-order valence-corrected chi connectivity index (χ1v) is 5.39. The van der Waals surface area contributed by atoms with Gasteiger partial charge in [-0.2, -0.15) is 0 Å². The molecule has 84 valence electrons. The minimum absolute atomic E-state index is 0.192. The summed E-state index contributed by atoms with van der Waals surface area (Å²) in [5.41, 5.74) is -0.484. The van der Waals surface area contributed by atoms with Crippen LogP contribution < -0.4 is 0 Å². The van der Waals surface area contributed by atoms with Crippen molar-refractivity contribution in [2.75, 3.05) is 6.54 Å². The number of ether oxygens (including phenoxy) is 1. The fraction of sp³-hybridized carbons (Fsp3) is 0.818. The quantitative estimate of drug-likeness (QED) is 0.611. The van der Waals surface area contributed by atoms with E-state index >= 15 is 0 Å². The van der Waals surface area contributed by atoms with Gasteiger partial charge >= 0.3 is 6.09 Å². The summed E-state index contributed by atoms with van der Waals surface area (Å²) in [5.74, 6) is 0.562. The smallest absolute Gasteiger partial charge is 0.410 e. The average molecular weight is 211 g/mol. The highest BCUT2D eigenvalue weighted by atomic mass is 16.6. The molecule has 0 radical (unpaired) electrons. The Morgan fingerprint density at radius 3 is 2.60 bits per heavy atom. The Kier molecular flexibility index (Phi) is 2.24. The molecule has 2 atom stereocenters. The van der Waals surface area contributed by atoms with Crippen LogP contribution in [0.25, 0.3) is 0 Å². The van der Waals surface area contributed by atoms with Crippen molar-refractivity contribution in [3.8, 4) is 0 Å². The zero-order valence-electron chi connectivity index (χ0n) is 9.45. The number of carbonyl (C=O) groups excluding carboxylic acids is 2. The fourth-order valence-electron chi connectivity index (χ4n) is 2.32. The molecular weight excluding hydrogens is 194 g/mol. The number of ketones is 1. The van der Waals surface area contributed by atoms with Gasteiger partial charge in [-0.1, -0.05) is 0 Å². The van der Waals surface area contributed by atoms with Crippen molar-refractivity contribution in [1.82, 2.24) is 4.90 Å². The Morgan fingerprint density at radius 1 is 1.47 bits per heavy atom. The number of rotatable bonds is 0. The zero-order chi connectivity index (χ0) is 11.2. The number of fused-ring (bicyclic) bond motifs is 2. The monoisotopic (exact) mass is 211 g/mol. The molecule has 4 nitrogen and oxygen atoms in total. The summed E-state index contributed by atoms with van der Waals surface area (Å²) < 4.78 is 5.26. The van der Waals surface area contributed by atoms with E-state index in [2.05, 4.69) is 0 Å². The molecular formula is C11H17NO3. The molecule has 0 aromatic heterocycles. The highest BCUT2D eigenvalue weighted by Crippen LogP contribution is 2.35. The van der Waals surface area contributed by atoms with Crippen LogP contribution in [-0.2, 0) is 9.53 Å². The van der Waals surface area contributed by atoms with Crippen LogP contribution in [-0.4, -0.2) is 35.0 Å². The fourth-order valence-corrected chi connectivity index (χ4v) is 2.32. The molecule has 1 saturated heterocycles. The van der Waals surface area contributed by atoms with Gasteiger partial charge in [0.15, 0.2) is 5.78 Å². The number of hydrogen-bond donors (Lipinski definition) is 0. The topological polar surface area (TPSA) is 46.6 Å². The predicted octanol–water partition coefficient (Wildman–Crippen LogP) is 1.58. The normalized spacial score (nSPS) is 29.8. The molecule has 0 N–H and O–H groups in total. The van der Waals surface area contributed by atoms with Crippen LogP contribution in [0.3, 0.4) is 0 Å². The third kappa shape index (κ3) is 1.98. The van der Waals surface area contributed by atoms with E-state index in [-0.39, 0.29) is 17.9 Å². The van der Waals surface area contributed by atoms with Gasteiger partial charge in [-0.25, -0.2) is 4.79 Å². The number of Topliss-reactive ketones (excluding diaryl/α,β-unsaturated/α-hetero) is 1. The lowest BCUT2D eigenvalue weighted by Gasteiger charge is -2.29. The molecule has 2 rings (SSSR count). The van der Waals surface area contributed by atoms with Crippen LogP contribution in [0.1, 0.15) is 33.6 Å². The van der Waals surface area contributed by atoms with Gasteiger partial charge in [0.2, 0.25) is 0 Å². The van der Waals surface area contributed by atoms with Crippen molar-refractivity contribution < 1.29 is 14.3 Å². The Balaban J connectivity index is 2.01. The summed E-state index contributed by atoms with van der Waals surface area (Å²) in [5, 5.41) is 0. The Hall–Kier alpha value is -1.06. The second-order valence-electron chi connectivity index (χ2n) is 5.42. The van der Waals surface area contributed by atoms with E-state index in [9.17, 15) is 9.59 Å². The molecule has 1 aliphatic heterocycles. The molecule has 15 heavy (non-hydrogen) atoms. The number of amides is 1. The summed E-state index contributed by atoms with van der Waals surface area (Å²) in [7, 11) is 0. The minimum Gasteiger partial charge on any atom is -0.444 e. The van der Waals surface area contributed by atoms with E-state index in [0.29, 0.717) is 18.9 Å². The summed E-state index contributed by atoms with van der Waals surface area (Å²) in [6, 6.07) is -0.204. The molecule has 0 aromatic rings. The average Bonchev–Trinajstić information content (AvgIpc) is 2.58.